The normalized spacial score (nSPS) is 21.3. The van der Waals surface area contributed by atoms with Crippen LogP contribution in [0.2, 0.25) is 0 Å². The summed E-state index contributed by atoms with van der Waals surface area (Å²) < 4.78 is 40.7. The van der Waals surface area contributed by atoms with Gasteiger partial charge in [-0.05, 0) is 39.2 Å². The molecular formula is C17H20F3N3OS. The predicted molar refractivity (Wildman–Crippen MR) is 90.2 cm³/mol. The Morgan fingerprint density at radius 3 is 2.76 bits per heavy atom. The van der Waals surface area contributed by atoms with Crippen LogP contribution < -0.4 is 5.32 Å². The molecule has 2 heterocycles. The fourth-order valence-corrected chi connectivity index (χ4v) is 4.25. The van der Waals surface area contributed by atoms with Crippen LogP contribution in [0.5, 0.6) is 0 Å². The monoisotopic (exact) mass is 371 g/mol. The lowest BCUT2D eigenvalue weighted by atomic mass is 9.85. The van der Waals surface area contributed by atoms with E-state index in [0.717, 1.165) is 16.5 Å². The summed E-state index contributed by atoms with van der Waals surface area (Å²) in [6.45, 7) is 3.70. The van der Waals surface area contributed by atoms with Crippen molar-refractivity contribution in [3.63, 3.8) is 0 Å². The Morgan fingerprint density at radius 2 is 2.12 bits per heavy atom. The standard InChI is InChI=1S/C17H20F3N3OS/c1-10-8-14(11(2)23(10)16-21-6-7-25-16)15(24)22-13-5-3-4-12(9-13)17(18,19)20/h6-8,12-13H,3-5,9H2,1-2H3,(H,22,24)/t12-,13+/m1/s1. The van der Waals surface area contributed by atoms with Crippen LogP contribution in [0.4, 0.5) is 13.2 Å². The number of amides is 1. The maximum atomic E-state index is 12.9. The van der Waals surface area contributed by atoms with Crippen molar-refractivity contribution in [3.05, 3.63) is 34.6 Å². The highest BCUT2D eigenvalue weighted by Crippen LogP contribution is 2.37. The van der Waals surface area contributed by atoms with Crippen molar-refractivity contribution in [2.24, 2.45) is 5.92 Å². The first-order chi connectivity index (χ1) is 11.8. The number of thiazole rings is 1. The molecule has 0 aliphatic heterocycles. The van der Waals surface area contributed by atoms with E-state index in [2.05, 4.69) is 10.3 Å². The fraction of sp³-hybridized carbons (Fsp3) is 0.529. The second-order valence-electron chi connectivity index (χ2n) is 6.51. The molecule has 0 spiro atoms. The first kappa shape index (κ1) is 18.0. The average molecular weight is 371 g/mol. The number of aromatic nitrogens is 2. The van der Waals surface area contributed by atoms with Crippen LogP contribution in [-0.2, 0) is 0 Å². The Bertz CT molecular complexity index is 752. The minimum absolute atomic E-state index is 0.0412. The third kappa shape index (κ3) is 3.73. The molecule has 1 fully saturated rings. The molecule has 0 saturated heterocycles. The van der Waals surface area contributed by atoms with Gasteiger partial charge in [-0.15, -0.1) is 11.3 Å². The molecule has 4 nitrogen and oxygen atoms in total. The number of rotatable bonds is 3. The van der Waals surface area contributed by atoms with Crippen LogP contribution in [0, 0.1) is 19.8 Å². The molecule has 1 aliphatic rings. The van der Waals surface area contributed by atoms with E-state index in [1.54, 1.807) is 12.3 Å². The first-order valence-corrected chi connectivity index (χ1v) is 9.11. The van der Waals surface area contributed by atoms with Crippen molar-refractivity contribution in [2.45, 2.75) is 51.7 Å². The number of alkyl halides is 3. The van der Waals surface area contributed by atoms with Crippen LogP contribution in [0.3, 0.4) is 0 Å². The van der Waals surface area contributed by atoms with Crippen LogP contribution >= 0.6 is 11.3 Å². The Kier molecular flexibility index (Phi) is 4.90. The molecule has 136 valence electrons. The smallest absolute Gasteiger partial charge is 0.349 e. The van der Waals surface area contributed by atoms with Gasteiger partial charge in [0.15, 0.2) is 5.13 Å². The highest BCUT2D eigenvalue weighted by molar-refractivity contribution is 7.12. The van der Waals surface area contributed by atoms with Gasteiger partial charge in [0.05, 0.1) is 11.5 Å². The molecule has 0 unspecified atom stereocenters. The molecule has 2 aromatic heterocycles. The number of hydrogen-bond donors (Lipinski definition) is 1. The Balaban J connectivity index is 1.75. The van der Waals surface area contributed by atoms with Crippen molar-refractivity contribution >= 4 is 17.2 Å². The molecule has 0 radical (unpaired) electrons. The van der Waals surface area contributed by atoms with Crippen molar-refractivity contribution in [2.75, 3.05) is 0 Å². The van der Waals surface area contributed by atoms with E-state index in [4.69, 9.17) is 0 Å². The molecule has 1 N–H and O–H groups in total. The van der Waals surface area contributed by atoms with Gasteiger partial charge in [0.1, 0.15) is 0 Å². The quantitative estimate of drug-likeness (QED) is 0.869. The van der Waals surface area contributed by atoms with Crippen molar-refractivity contribution in [1.29, 1.82) is 0 Å². The summed E-state index contributed by atoms with van der Waals surface area (Å²) in [5.74, 6) is -1.64. The van der Waals surface area contributed by atoms with Crippen LogP contribution in [0.25, 0.3) is 5.13 Å². The van der Waals surface area contributed by atoms with E-state index in [1.807, 2.05) is 23.8 Å². The SMILES string of the molecule is Cc1cc(C(=O)N[C@H]2CCC[C@@H](C(F)(F)F)C2)c(C)n1-c1nccs1. The zero-order valence-corrected chi connectivity index (χ0v) is 14.9. The topological polar surface area (TPSA) is 46.9 Å². The third-order valence-corrected chi connectivity index (χ3v) is 5.52. The van der Waals surface area contributed by atoms with Crippen LogP contribution in [0.1, 0.15) is 47.4 Å². The average Bonchev–Trinajstić information content (AvgIpc) is 3.14. The van der Waals surface area contributed by atoms with Gasteiger partial charge < -0.3 is 5.32 Å². The van der Waals surface area contributed by atoms with E-state index < -0.39 is 18.1 Å². The highest BCUT2D eigenvalue weighted by atomic mass is 32.1. The summed E-state index contributed by atoms with van der Waals surface area (Å²) in [6.07, 6.45) is -1.33. The first-order valence-electron chi connectivity index (χ1n) is 8.23. The second-order valence-corrected chi connectivity index (χ2v) is 7.38. The lowest BCUT2D eigenvalue weighted by Crippen LogP contribution is -2.41. The molecule has 0 aromatic carbocycles. The van der Waals surface area contributed by atoms with Gasteiger partial charge in [-0.2, -0.15) is 13.2 Å². The molecular weight excluding hydrogens is 351 g/mol. The van der Waals surface area contributed by atoms with Crippen molar-refractivity contribution in [3.8, 4) is 5.13 Å². The number of carbonyl (C=O) groups excluding carboxylic acids is 1. The van der Waals surface area contributed by atoms with Crippen molar-refractivity contribution in [1.82, 2.24) is 14.9 Å². The van der Waals surface area contributed by atoms with E-state index in [1.165, 1.54) is 11.3 Å². The molecule has 1 aliphatic carbocycles. The second kappa shape index (κ2) is 6.82. The molecule has 2 aromatic rings. The van der Waals surface area contributed by atoms with Gasteiger partial charge in [-0.25, -0.2) is 4.98 Å². The fourth-order valence-electron chi connectivity index (χ4n) is 3.49. The van der Waals surface area contributed by atoms with Gasteiger partial charge in [0, 0.05) is 29.0 Å². The number of halogens is 3. The van der Waals surface area contributed by atoms with Gasteiger partial charge in [0.25, 0.3) is 5.91 Å². The Labute approximate surface area is 148 Å². The minimum atomic E-state index is -4.19. The number of nitrogens with one attached hydrogen (secondary N) is 1. The molecule has 3 rings (SSSR count). The van der Waals surface area contributed by atoms with Crippen LogP contribution in [0.15, 0.2) is 17.6 Å². The van der Waals surface area contributed by atoms with E-state index in [0.29, 0.717) is 18.4 Å². The summed E-state index contributed by atoms with van der Waals surface area (Å²) >= 11 is 1.46. The van der Waals surface area contributed by atoms with E-state index in [-0.39, 0.29) is 18.7 Å². The highest BCUT2D eigenvalue weighted by Gasteiger charge is 2.42. The zero-order valence-electron chi connectivity index (χ0n) is 14.1. The molecule has 25 heavy (non-hydrogen) atoms. The van der Waals surface area contributed by atoms with Gasteiger partial charge in [0.2, 0.25) is 0 Å². The summed E-state index contributed by atoms with van der Waals surface area (Å²) in [4.78, 5) is 16.9. The predicted octanol–water partition coefficient (Wildman–Crippen LogP) is 4.40. The molecule has 2 atom stereocenters. The third-order valence-electron chi connectivity index (χ3n) is 4.76. The zero-order chi connectivity index (χ0) is 18.2. The maximum Gasteiger partial charge on any atom is 0.391 e. The number of carbonyl (C=O) groups is 1. The lowest BCUT2D eigenvalue weighted by molar-refractivity contribution is -0.183. The molecule has 1 saturated carbocycles. The van der Waals surface area contributed by atoms with Gasteiger partial charge in [-0.3, -0.25) is 9.36 Å². The van der Waals surface area contributed by atoms with Crippen LogP contribution in [-0.4, -0.2) is 27.7 Å². The summed E-state index contributed by atoms with van der Waals surface area (Å²) in [5, 5.41) is 5.42. The number of hydrogen-bond acceptors (Lipinski definition) is 3. The van der Waals surface area contributed by atoms with Crippen molar-refractivity contribution < 1.29 is 18.0 Å². The summed E-state index contributed by atoms with van der Waals surface area (Å²) in [5.41, 5.74) is 2.10. The Morgan fingerprint density at radius 1 is 1.36 bits per heavy atom. The number of aryl methyl sites for hydroxylation is 1. The largest absolute Gasteiger partial charge is 0.391 e. The summed E-state index contributed by atoms with van der Waals surface area (Å²) in [7, 11) is 0. The van der Waals surface area contributed by atoms with Gasteiger partial charge >= 0.3 is 6.18 Å². The Hall–Kier alpha value is -1.83. The van der Waals surface area contributed by atoms with E-state index in [9.17, 15) is 18.0 Å². The minimum Gasteiger partial charge on any atom is -0.349 e. The van der Waals surface area contributed by atoms with E-state index >= 15 is 0 Å². The lowest BCUT2D eigenvalue weighted by Gasteiger charge is -2.31. The maximum absolute atomic E-state index is 12.9. The van der Waals surface area contributed by atoms with Gasteiger partial charge in [-0.1, -0.05) is 6.42 Å². The molecule has 8 heteroatoms. The molecule has 1 amide bonds. The number of nitrogens with zero attached hydrogens (tertiary/aromatic N) is 2. The molecule has 0 bridgehead atoms. The summed E-state index contributed by atoms with van der Waals surface area (Å²) in [6, 6.07) is 1.33.